The highest BCUT2D eigenvalue weighted by atomic mass is 35.5. The van der Waals surface area contributed by atoms with Crippen LogP contribution in [0.5, 0.6) is 0 Å². The minimum Gasteiger partial charge on any atom is -0.387 e. The topological polar surface area (TPSA) is 263 Å². The molecule has 1 fully saturated rings. The molecule has 2 rings (SSSR count). The molecule has 7 N–H and O–H groups in total. The number of hydrogen-bond donors (Lipinski definition) is 6. The fourth-order valence-electron chi connectivity index (χ4n) is 2.56. The van der Waals surface area contributed by atoms with Gasteiger partial charge in [0.25, 0.3) is 0 Å². The number of aliphatic hydroxyl groups is 1. The first-order valence-corrected chi connectivity index (χ1v) is 12.8. The Bertz CT molecular complexity index is 1120. The summed E-state index contributed by atoms with van der Waals surface area (Å²) >= 11 is 6.23. The minimum absolute atomic E-state index is 0.247. The van der Waals surface area contributed by atoms with Gasteiger partial charge < -0.3 is 35.2 Å². The maximum atomic E-state index is 12.1. The number of phosphoric ester groups is 1. The van der Waals surface area contributed by atoms with Crippen LogP contribution in [0, 0.1) is 12.3 Å². The summed E-state index contributed by atoms with van der Waals surface area (Å²) in [5.74, 6) is 1.77. The van der Waals surface area contributed by atoms with E-state index < -0.39 is 58.6 Å². The van der Waals surface area contributed by atoms with Crippen molar-refractivity contribution in [1.29, 1.82) is 0 Å². The highest BCUT2D eigenvalue weighted by molar-refractivity contribution is 7.66. The van der Waals surface area contributed by atoms with Crippen LogP contribution in [0.4, 0.5) is 5.82 Å². The van der Waals surface area contributed by atoms with E-state index in [0.29, 0.717) is 4.68 Å². The van der Waals surface area contributed by atoms with E-state index in [1.165, 1.54) is 0 Å². The molecule has 1 saturated heterocycles. The predicted molar refractivity (Wildman–Crippen MR) is 102 cm³/mol. The molecule has 7 atom stereocenters. The molecule has 0 saturated carbocycles. The largest absolute Gasteiger partial charge is 0.490 e. The van der Waals surface area contributed by atoms with Crippen LogP contribution in [-0.2, 0) is 31.6 Å². The second kappa shape index (κ2) is 9.21. The van der Waals surface area contributed by atoms with E-state index >= 15 is 0 Å². The van der Waals surface area contributed by atoms with E-state index in [9.17, 15) is 33.4 Å². The Kier molecular flexibility index (Phi) is 7.78. The van der Waals surface area contributed by atoms with E-state index in [1.807, 2.05) is 5.92 Å². The number of hydrogen-bond acceptors (Lipinski definition) is 12. The summed E-state index contributed by atoms with van der Waals surface area (Å²) in [6.45, 7) is 1.01. The molecule has 0 aromatic carbocycles. The smallest absolute Gasteiger partial charge is 0.387 e. The lowest BCUT2D eigenvalue weighted by molar-refractivity contribution is -0.0785. The van der Waals surface area contributed by atoms with Gasteiger partial charge in [0.2, 0.25) is 0 Å². The van der Waals surface area contributed by atoms with E-state index in [0.717, 1.165) is 13.1 Å². The number of alkyl halides is 1. The van der Waals surface area contributed by atoms with Gasteiger partial charge in [-0.05, 0) is 6.92 Å². The van der Waals surface area contributed by atoms with Gasteiger partial charge in [-0.25, -0.2) is 18.5 Å². The molecule has 21 heteroatoms. The van der Waals surface area contributed by atoms with Crippen molar-refractivity contribution in [2.45, 2.75) is 36.3 Å². The lowest BCUT2D eigenvalue weighted by atomic mass is 9.97. The number of halogens is 1. The van der Waals surface area contributed by atoms with E-state index in [1.54, 1.807) is 0 Å². The number of nitrogens with two attached hydrogens (primary N) is 1. The first-order chi connectivity index (χ1) is 14.4. The Morgan fingerprint density at radius 1 is 1.31 bits per heavy atom. The van der Waals surface area contributed by atoms with Gasteiger partial charge in [-0.3, -0.25) is 4.52 Å². The standard InChI is InChI=1S/C11H16ClN4O13P3/c1-3-11(12)8(17)7(26-9(11)16-10(18)15-6(13)4-14-16)5(2)27-31(22,23)29-32(24,25)28-30(19,20)21/h1,4-5,7-9,17H,2H3,(H,22,23)(H,24,25)(H2,13,15,18)(H2,19,20,21)/t5-,7+,8-,9+,11?/m0/s1. The highest BCUT2D eigenvalue weighted by Gasteiger charge is 2.59. The number of anilines is 1. The molecule has 0 aliphatic carbocycles. The van der Waals surface area contributed by atoms with Crippen LogP contribution in [0.3, 0.4) is 0 Å². The molecule has 0 radical (unpaired) electrons. The summed E-state index contributed by atoms with van der Waals surface area (Å²) < 4.78 is 51.8. The number of terminal acetylenes is 1. The Hall–Kier alpha value is -1.21. The van der Waals surface area contributed by atoms with Crippen LogP contribution in [0.25, 0.3) is 0 Å². The van der Waals surface area contributed by atoms with Gasteiger partial charge in [0.05, 0.1) is 12.3 Å². The maximum Gasteiger partial charge on any atom is 0.490 e. The summed E-state index contributed by atoms with van der Waals surface area (Å²) in [5.41, 5.74) is 4.28. The van der Waals surface area contributed by atoms with E-state index in [-0.39, 0.29) is 5.82 Å². The van der Waals surface area contributed by atoms with Crippen molar-refractivity contribution in [1.82, 2.24) is 14.8 Å². The molecule has 17 nitrogen and oxygen atoms in total. The zero-order valence-corrected chi connectivity index (χ0v) is 19.0. The summed E-state index contributed by atoms with van der Waals surface area (Å²) in [4.78, 5) is 49.2. The van der Waals surface area contributed by atoms with Crippen molar-refractivity contribution in [2.24, 2.45) is 0 Å². The molecule has 0 spiro atoms. The lowest BCUT2D eigenvalue weighted by Gasteiger charge is -2.26. The molecule has 0 bridgehead atoms. The fourth-order valence-corrected chi connectivity index (χ4v) is 6.03. The van der Waals surface area contributed by atoms with Crippen molar-refractivity contribution < 1.29 is 56.3 Å². The number of aliphatic hydroxyl groups excluding tert-OH is 1. The van der Waals surface area contributed by atoms with Crippen LogP contribution in [0.2, 0.25) is 0 Å². The zero-order chi connectivity index (χ0) is 24.7. The molecule has 1 aliphatic rings. The molecule has 1 aromatic rings. The number of aromatic nitrogens is 3. The SMILES string of the molecule is C#CC1(Cl)[C@@H](O)[C@@H]([C@H](C)OP(=O)(O)OP(=O)(O)OP(=O)(O)O)O[C@H]1n1ncc(N)nc1=O. The fraction of sp³-hybridized carbons (Fsp3) is 0.545. The Morgan fingerprint density at radius 2 is 1.91 bits per heavy atom. The van der Waals surface area contributed by atoms with Crippen LogP contribution in [-0.4, -0.2) is 62.6 Å². The van der Waals surface area contributed by atoms with Crippen molar-refractivity contribution in [3.05, 3.63) is 16.7 Å². The summed E-state index contributed by atoms with van der Waals surface area (Å²) in [5, 5.41) is 14.2. The van der Waals surface area contributed by atoms with Crippen molar-refractivity contribution in [3.63, 3.8) is 0 Å². The third-order valence-electron chi connectivity index (χ3n) is 3.74. The van der Waals surface area contributed by atoms with Crippen molar-refractivity contribution in [3.8, 4) is 12.3 Å². The Morgan fingerprint density at radius 3 is 2.41 bits per heavy atom. The predicted octanol–water partition coefficient (Wildman–Crippen LogP) is -1.18. The highest BCUT2D eigenvalue weighted by Crippen LogP contribution is 2.66. The first kappa shape index (κ1) is 27.0. The number of nitrogens with zero attached hydrogens (tertiary/aromatic N) is 3. The average molecular weight is 541 g/mol. The van der Waals surface area contributed by atoms with Gasteiger partial charge in [0.1, 0.15) is 18.0 Å². The zero-order valence-electron chi connectivity index (χ0n) is 15.6. The molecule has 1 aromatic heterocycles. The maximum absolute atomic E-state index is 12.1. The Labute approximate surface area is 183 Å². The molecule has 3 unspecified atom stereocenters. The van der Waals surface area contributed by atoms with Crippen LogP contribution >= 0.6 is 35.1 Å². The molecule has 32 heavy (non-hydrogen) atoms. The van der Waals surface area contributed by atoms with Gasteiger partial charge in [-0.1, -0.05) is 17.5 Å². The van der Waals surface area contributed by atoms with Gasteiger partial charge in [-0.2, -0.15) is 23.4 Å². The second-order valence-electron chi connectivity index (χ2n) is 6.12. The summed E-state index contributed by atoms with van der Waals surface area (Å²) in [6, 6.07) is 0. The minimum atomic E-state index is -5.78. The molecular weight excluding hydrogens is 525 g/mol. The third kappa shape index (κ3) is 6.22. The lowest BCUT2D eigenvalue weighted by Crippen LogP contribution is -2.45. The molecule has 0 amide bonds. The van der Waals surface area contributed by atoms with Gasteiger partial charge in [0.15, 0.2) is 11.1 Å². The van der Waals surface area contributed by atoms with Crippen molar-refractivity contribution in [2.75, 3.05) is 5.73 Å². The van der Waals surface area contributed by atoms with Crippen LogP contribution < -0.4 is 11.4 Å². The van der Waals surface area contributed by atoms with E-state index in [2.05, 4.69) is 23.2 Å². The van der Waals surface area contributed by atoms with Gasteiger partial charge in [0, 0.05) is 0 Å². The Balaban J connectivity index is 2.27. The van der Waals surface area contributed by atoms with E-state index in [4.69, 9.17) is 38.3 Å². The number of rotatable bonds is 8. The second-order valence-corrected chi connectivity index (χ2v) is 11.1. The van der Waals surface area contributed by atoms with Crippen molar-refractivity contribution >= 4 is 40.9 Å². The van der Waals surface area contributed by atoms with Crippen LogP contribution in [0.15, 0.2) is 11.0 Å². The number of nitrogen functional groups attached to an aromatic ring is 1. The molecule has 2 heterocycles. The number of ether oxygens (including phenoxy) is 1. The monoisotopic (exact) mass is 540 g/mol. The van der Waals surface area contributed by atoms with Gasteiger partial charge in [-0.15, -0.1) is 6.42 Å². The first-order valence-electron chi connectivity index (χ1n) is 7.94. The molecule has 1 aliphatic heterocycles. The summed E-state index contributed by atoms with van der Waals surface area (Å²) in [7, 11) is -16.9. The normalized spacial score (nSPS) is 30.8. The molecule has 180 valence electrons. The molecular formula is C11H16ClN4O13P3. The summed E-state index contributed by atoms with van der Waals surface area (Å²) in [6.07, 6.45) is -0.603. The third-order valence-corrected chi connectivity index (χ3v) is 8.19. The van der Waals surface area contributed by atoms with Crippen LogP contribution in [0.1, 0.15) is 13.2 Å². The average Bonchev–Trinajstić information content (AvgIpc) is 2.84. The number of phosphoric acid groups is 3. The van der Waals surface area contributed by atoms with Gasteiger partial charge >= 0.3 is 29.2 Å². The quantitative estimate of drug-likeness (QED) is 0.129.